The van der Waals surface area contributed by atoms with Gasteiger partial charge >= 0.3 is 6.18 Å². The second-order valence-electron chi connectivity index (χ2n) is 3.45. The van der Waals surface area contributed by atoms with Gasteiger partial charge in [0.25, 0.3) is 5.24 Å². The van der Waals surface area contributed by atoms with Crippen molar-refractivity contribution in [3.05, 3.63) is 48.0 Å². The molecule has 3 nitrogen and oxygen atoms in total. The Hall–Kier alpha value is -1.82. The van der Waals surface area contributed by atoms with Crippen LogP contribution in [-0.2, 0) is 6.18 Å². The Morgan fingerprint density at radius 2 is 1.94 bits per heavy atom. The Bertz CT molecular complexity index is 592. The Morgan fingerprint density at radius 1 is 1.28 bits per heavy atom. The summed E-state index contributed by atoms with van der Waals surface area (Å²) in [6, 6.07) is 4.99. The van der Waals surface area contributed by atoms with E-state index in [2.05, 4.69) is 4.98 Å². The number of hydrogen-bond acceptors (Lipinski definition) is 2. The molecule has 0 aliphatic carbocycles. The number of imidazole rings is 1. The van der Waals surface area contributed by atoms with Crippen molar-refractivity contribution in [2.45, 2.75) is 6.18 Å². The predicted octanol–water partition coefficient (Wildman–Crippen LogP) is 3.27. The number of benzene rings is 1. The largest absolute Gasteiger partial charge is 0.418 e. The molecule has 2 rings (SSSR count). The van der Waals surface area contributed by atoms with Crippen molar-refractivity contribution in [2.24, 2.45) is 0 Å². The van der Waals surface area contributed by atoms with Gasteiger partial charge in [-0.3, -0.25) is 4.79 Å². The number of rotatable bonds is 2. The normalized spacial score (nSPS) is 11.6. The van der Waals surface area contributed by atoms with E-state index in [-0.39, 0.29) is 11.4 Å². The third-order valence-corrected chi connectivity index (χ3v) is 2.47. The van der Waals surface area contributed by atoms with Crippen LogP contribution in [0.25, 0.3) is 5.69 Å². The van der Waals surface area contributed by atoms with Crippen molar-refractivity contribution in [3.8, 4) is 5.69 Å². The number of halogens is 4. The molecular formula is C11H6ClF3N2O. The Balaban J connectivity index is 2.53. The van der Waals surface area contributed by atoms with Crippen molar-refractivity contribution >= 4 is 16.8 Å². The molecule has 0 fully saturated rings. The van der Waals surface area contributed by atoms with Gasteiger partial charge in [-0.25, -0.2) is 4.98 Å². The van der Waals surface area contributed by atoms with Crippen LogP contribution in [0.4, 0.5) is 13.2 Å². The molecule has 0 aliphatic heterocycles. The monoisotopic (exact) mass is 274 g/mol. The smallest absolute Gasteiger partial charge is 0.305 e. The lowest BCUT2D eigenvalue weighted by molar-refractivity contribution is -0.137. The van der Waals surface area contributed by atoms with Gasteiger partial charge in [0.2, 0.25) is 0 Å². The summed E-state index contributed by atoms with van der Waals surface area (Å²) in [5.74, 6) is 0. The van der Waals surface area contributed by atoms with Gasteiger partial charge in [0, 0.05) is 6.20 Å². The highest BCUT2D eigenvalue weighted by atomic mass is 35.5. The van der Waals surface area contributed by atoms with E-state index in [1.165, 1.54) is 18.2 Å². The number of aromatic nitrogens is 2. The molecule has 2 aromatic rings. The Kier molecular flexibility index (Phi) is 3.13. The minimum Gasteiger partial charge on any atom is -0.305 e. The molecule has 0 bridgehead atoms. The van der Waals surface area contributed by atoms with Crippen LogP contribution in [0.3, 0.4) is 0 Å². The summed E-state index contributed by atoms with van der Waals surface area (Å²) in [4.78, 5) is 14.5. The highest BCUT2D eigenvalue weighted by molar-refractivity contribution is 6.67. The topological polar surface area (TPSA) is 34.9 Å². The van der Waals surface area contributed by atoms with Crippen molar-refractivity contribution < 1.29 is 18.0 Å². The van der Waals surface area contributed by atoms with Gasteiger partial charge < -0.3 is 4.57 Å². The summed E-state index contributed by atoms with van der Waals surface area (Å²) in [7, 11) is 0. The molecule has 0 unspecified atom stereocenters. The standard InChI is InChI=1S/C11H6ClF3N2O/c12-10(18)8-5-17(6-16-8)9-4-2-1-3-7(9)11(13,14)15/h1-6H. The summed E-state index contributed by atoms with van der Waals surface area (Å²) >= 11 is 5.20. The van der Waals surface area contributed by atoms with Gasteiger partial charge in [0.05, 0.1) is 11.3 Å². The number of carbonyl (C=O) groups excluding carboxylic acids is 1. The first-order valence-corrected chi connectivity index (χ1v) is 5.18. The van der Waals surface area contributed by atoms with Gasteiger partial charge in [-0.1, -0.05) is 12.1 Å². The maximum Gasteiger partial charge on any atom is 0.418 e. The lowest BCUT2D eigenvalue weighted by Crippen LogP contribution is -2.09. The number of carbonyl (C=O) groups is 1. The lowest BCUT2D eigenvalue weighted by atomic mass is 10.1. The van der Waals surface area contributed by atoms with Crippen LogP contribution in [0.2, 0.25) is 0 Å². The van der Waals surface area contributed by atoms with Crippen molar-refractivity contribution in [1.29, 1.82) is 0 Å². The van der Waals surface area contributed by atoms with E-state index in [1.54, 1.807) is 0 Å². The minimum atomic E-state index is -4.48. The van der Waals surface area contributed by atoms with Crippen LogP contribution in [0.1, 0.15) is 16.1 Å². The lowest BCUT2D eigenvalue weighted by Gasteiger charge is -2.12. The van der Waals surface area contributed by atoms with Gasteiger partial charge in [-0.15, -0.1) is 0 Å². The Morgan fingerprint density at radius 3 is 2.50 bits per heavy atom. The summed E-state index contributed by atoms with van der Waals surface area (Å²) in [6.45, 7) is 0. The molecule has 18 heavy (non-hydrogen) atoms. The van der Waals surface area contributed by atoms with Crippen LogP contribution in [0.15, 0.2) is 36.8 Å². The van der Waals surface area contributed by atoms with Crippen molar-refractivity contribution in [1.82, 2.24) is 9.55 Å². The molecule has 0 atom stereocenters. The molecule has 1 aromatic heterocycles. The summed E-state index contributed by atoms with van der Waals surface area (Å²) < 4.78 is 39.4. The van der Waals surface area contributed by atoms with E-state index in [1.807, 2.05) is 0 Å². The summed E-state index contributed by atoms with van der Waals surface area (Å²) in [5, 5.41) is -0.821. The fourth-order valence-corrected chi connectivity index (χ4v) is 1.59. The third kappa shape index (κ3) is 2.38. The van der Waals surface area contributed by atoms with Gasteiger partial charge in [0.15, 0.2) is 0 Å². The van der Waals surface area contributed by atoms with E-state index >= 15 is 0 Å². The number of hydrogen-bond donors (Lipinski definition) is 0. The SMILES string of the molecule is O=C(Cl)c1cn(-c2ccccc2C(F)(F)F)cn1. The molecule has 94 valence electrons. The molecule has 0 spiro atoms. The quantitative estimate of drug-likeness (QED) is 0.788. The molecule has 7 heteroatoms. The van der Waals surface area contributed by atoms with Crippen LogP contribution in [-0.4, -0.2) is 14.8 Å². The zero-order valence-corrected chi connectivity index (χ0v) is 9.53. The average molecular weight is 275 g/mol. The first-order valence-electron chi connectivity index (χ1n) is 4.80. The number of alkyl halides is 3. The zero-order valence-electron chi connectivity index (χ0n) is 8.78. The van der Waals surface area contributed by atoms with Crippen molar-refractivity contribution in [3.63, 3.8) is 0 Å². The van der Waals surface area contributed by atoms with Crippen molar-refractivity contribution in [2.75, 3.05) is 0 Å². The van der Waals surface area contributed by atoms with E-state index in [0.29, 0.717) is 0 Å². The second-order valence-corrected chi connectivity index (χ2v) is 3.80. The van der Waals surface area contributed by atoms with E-state index in [4.69, 9.17) is 11.6 Å². The fourth-order valence-electron chi connectivity index (χ4n) is 1.49. The first-order chi connectivity index (χ1) is 8.39. The molecule has 1 aromatic carbocycles. The van der Waals surface area contributed by atoms with Crippen LogP contribution >= 0.6 is 11.6 Å². The molecule has 0 N–H and O–H groups in total. The van der Waals surface area contributed by atoms with Gasteiger partial charge in [0.1, 0.15) is 12.0 Å². The van der Waals surface area contributed by atoms with Crippen LogP contribution < -0.4 is 0 Å². The maximum absolute atomic E-state index is 12.8. The van der Waals surface area contributed by atoms with E-state index < -0.39 is 17.0 Å². The molecule has 1 heterocycles. The molecule has 0 amide bonds. The number of para-hydroxylation sites is 1. The third-order valence-electron chi connectivity index (χ3n) is 2.27. The predicted molar refractivity (Wildman–Crippen MR) is 58.7 cm³/mol. The first kappa shape index (κ1) is 12.6. The minimum absolute atomic E-state index is 0.103. The highest BCUT2D eigenvalue weighted by Gasteiger charge is 2.33. The molecule has 0 saturated carbocycles. The number of nitrogens with zero attached hydrogens (tertiary/aromatic N) is 2. The molecule has 0 radical (unpaired) electrons. The maximum atomic E-state index is 12.8. The Labute approximate surface area is 105 Å². The highest BCUT2D eigenvalue weighted by Crippen LogP contribution is 2.33. The van der Waals surface area contributed by atoms with Crippen LogP contribution in [0.5, 0.6) is 0 Å². The summed E-state index contributed by atoms with van der Waals surface area (Å²) in [6.07, 6.45) is -2.22. The van der Waals surface area contributed by atoms with Gasteiger partial charge in [-0.2, -0.15) is 13.2 Å². The van der Waals surface area contributed by atoms with E-state index in [0.717, 1.165) is 23.2 Å². The molecule has 0 aliphatic rings. The second kappa shape index (κ2) is 4.45. The average Bonchev–Trinajstić information content (AvgIpc) is 2.77. The molecular weight excluding hydrogens is 269 g/mol. The summed E-state index contributed by atoms with van der Waals surface area (Å²) in [5.41, 5.74) is -1.02. The zero-order chi connectivity index (χ0) is 13.3. The molecule has 0 saturated heterocycles. The van der Waals surface area contributed by atoms with Gasteiger partial charge in [-0.05, 0) is 23.7 Å². The van der Waals surface area contributed by atoms with Crippen LogP contribution in [0, 0.1) is 0 Å². The van der Waals surface area contributed by atoms with E-state index in [9.17, 15) is 18.0 Å². The fraction of sp³-hybridized carbons (Fsp3) is 0.0909.